The van der Waals surface area contributed by atoms with Crippen LogP contribution in [-0.2, 0) is 7.05 Å². The highest BCUT2D eigenvalue weighted by Crippen LogP contribution is 2.21. The highest BCUT2D eigenvalue weighted by atomic mass is 16.1. The zero-order valence-corrected chi connectivity index (χ0v) is 16.0. The Morgan fingerprint density at radius 1 is 1.15 bits per heavy atom. The third kappa shape index (κ3) is 4.38. The standard InChI is InChI=1S/C20H24N6O/c1-14-7-5-6-8-17(14)18(25(2)3)13-21-20(27)16-11-9-15(10-12-16)19-22-24-26(4)23-19/h5-12,18H,13H2,1-4H3,(H,21,27). The summed E-state index contributed by atoms with van der Waals surface area (Å²) in [5.74, 6) is 0.436. The SMILES string of the molecule is Cc1ccccc1C(CNC(=O)c1ccc(-c2nnn(C)n2)cc1)N(C)C. The number of likely N-dealkylation sites (N-methyl/N-ethyl adjacent to an activating group) is 1. The second-order valence-electron chi connectivity index (χ2n) is 6.73. The zero-order chi connectivity index (χ0) is 19.4. The Kier molecular flexibility index (Phi) is 5.61. The Balaban J connectivity index is 1.68. The summed E-state index contributed by atoms with van der Waals surface area (Å²) in [4.78, 5) is 16.1. The molecule has 0 radical (unpaired) electrons. The summed E-state index contributed by atoms with van der Waals surface area (Å²) in [6.45, 7) is 2.62. The molecule has 3 aromatic rings. The molecule has 27 heavy (non-hydrogen) atoms. The van der Waals surface area contributed by atoms with Crippen LogP contribution in [0.15, 0.2) is 48.5 Å². The first kappa shape index (κ1) is 18.7. The fraction of sp³-hybridized carbons (Fsp3) is 0.300. The number of hydrogen-bond donors (Lipinski definition) is 1. The summed E-state index contributed by atoms with van der Waals surface area (Å²) in [5, 5.41) is 15.0. The second kappa shape index (κ2) is 8.09. The lowest BCUT2D eigenvalue weighted by molar-refractivity contribution is 0.0942. The van der Waals surface area contributed by atoms with Gasteiger partial charge in [0.05, 0.1) is 13.1 Å². The number of carbonyl (C=O) groups excluding carboxylic acids is 1. The van der Waals surface area contributed by atoms with E-state index in [0.717, 1.165) is 5.56 Å². The Morgan fingerprint density at radius 3 is 2.44 bits per heavy atom. The number of tetrazole rings is 1. The number of aromatic nitrogens is 4. The molecule has 1 amide bonds. The molecule has 140 valence electrons. The molecule has 2 aromatic carbocycles. The van der Waals surface area contributed by atoms with Gasteiger partial charge in [0, 0.05) is 17.7 Å². The molecule has 1 unspecified atom stereocenters. The first-order valence-corrected chi connectivity index (χ1v) is 8.80. The van der Waals surface area contributed by atoms with E-state index in [0.29, 0.717) is 17.9 Å². The van der Waals surface area contributed by atoms with Crippen molar-refractivity contribution in [3.05, 3.63) is 65.2 Å². The van der Waals surface area contributed by atoms with E-state index < -0.39 is 0 Å². The van der Waals surface area contributed by atoms with E-state index >= 15 is 0 Å². The van der Waals surface area contributed by atoms with Gasteiger partial charge in [0.15, 0.2) is 0 Å². The third-order valence-electron chi connectivity index (χ3n) is 4.54. The van der Waals surface area contributed by atoms with Crippen LogP contribution in [0.25, 0.3) is 11.4 Å². The number of nitrogens with one attached hydrogen (secondary N) is 1. The molecule has 3 rings (SSSR count). The molecule has 0 fully saturated rings. The average molecular weight is 364 g/mol. The summed E-state index contributed by atoms with van der Waals surface area (Å²) in [6.07, 6.45) is 0. The van der Waals surface area contributed by atoms with Crippen molar-refractivity contribution in [2.45, 2.75) is 13.0 Å². The molecule has 0 saturated carbocycles. The maximum Gasteiger partial charge on any atom is 0.251 e. The topological polar surface area (TPSA) is 75.9 Å². The molecular formula is C20H24N6O. The second-order valence-corrected chi connectivity index (χ2v) is 6.73. The van der Waals surface area contributed by atoms with Gasteiger partial charge in [0.1, 0.15) is 0 Å². The van der Waals surface area contributed by atoms with E-state index in [1.54, 1.807) is 19.2 Å². The van der Waals surface area contributed by atoms with Crippen LogP contribution < -0.4 is 5.32 Å². The highest BCUT2D eigenvalue weighted by Gasteiger charge is 2.17. The van der Waals surface area contributed by atoms with Crippen LogP contribution in [0.3, 0.4) is 0 Å². The van der Waals surface area contributed by atoms with Crippen molar-refractivity contribution in [2.75, 3.05) is 20.6 Å². The number of nitrogens with zero attached hydrogens (tertiary/aromatic N) is 5. The van der Waals surface area contributed by atoms with E-state index in [1.807, 2.05) is 38.4 Å². The lowest BCUT2D eigenvalue weighted by atomic mass is 10.0. The Labute approximate surface area is 159 Å². The Morgan fingerprint density at radius 2 is 1.85 bits per heavy atom. The minimum atomic E-state index is -0.103. The van der Waals surface area contributed by atoms with Gasteiger partial charge in [0.25, 0.3) is 5.91 Å². The molecule has 7 heteroatoms. The van der Waals surface area contributed by atoms with Crippen LogP contribution in [0.2, 0.25) is 0 Å². The largest absolute Gasteiger partial charge is 0.350 e. The lowest BCUT2D eigenvalue weighted by Crippen LogP contribution is -2.34. The molecule has 0 aliphatic rings. The van der Waals surface area contributed by atoms with E-state index in [1.165, 1.54) is 15.9 Å². The number of benzene rings is 2. The van der Waals surface area contributed by atoms with Gasteiger partial charge in [-0.2, -0.15) is 4.80 Å². The third-order valence-corrected chi connectivity index (χ3v) is 4.54. The van der Waals surface area contributed by atoms with Crippen LogP contribution >= 0.6 is 0 Å². The number of amides is 1. The van der Waals surface area contributed by atoms with E-state index in [-0.39, 0.29) is 11.9 Å². The molecular weight excluding hydrogens is 340 g/mol. The lowest BCUT2D eigenvalue weighted by Gasteiger charge is -2.26. The predicted molar refractivity (Wildman–Crippen MR) is 104 cm³/mol. The van der Waals surface area contributed by atoms with Crippen molar-refractivity contribution in [3.8, 4) is 11.4 Å². The van der Waals surface area contributed by atoms with Crippen molar-refractivity contribution in [1.82, 2.24) is 30.4 Å². The maximum absolute atomic E-state index is 12.6. The van der Waals surface area contributed by atoms with Gasteiger partial charge >= 0.3 is 0 Å². The first-order valence-electron chi connectivity index (χ1n) is 8.80. The number of rotatable bonds is 6. The van der Waals surface area contributed by atoms with Crippen LogP contribution in [0.1, 0.15) is 27.5 Å². The van der Waals surface area contributed by atoms with Crippen LogP contribution in [0.5, 0.6) is 0 Å². The van der Waals surface area contributed by atoms with Gasteiger partial charge in [-0.05, 0) is 49.5 Å². The molecule has 1 N–H and O–H groups in total. The van der Waals surface area contributed by atoms with E-state index in [4.69, 9.17) is 0 Å². The van der Waals surface area contributed by atoms with Gasteiger partial charge in [-0.3, -0.25) is 4.79 Å². The average Bonchev–Trinajstić information content (AvgIpc) is 3.09. The Hall–Kier alpha value is -3.06. The first-order chi connectivity index (χ1) is 13.0. The zero-order valence-electron chi connectivity index (χ0n) is 16.0. The number of hydrogen-bond acceptors (Lipinski definition) is 5. The van der Waals surface area contributed by atoms with Crippen LogP contribution in [0.4, 0.5) is 0 Å². The van der Waals surface area contributed by atoms with Gasteiger partial charge in [-0.25, -0.2) is 0 Å². The van der Waals surface area contributed by atoms with Crippen LogP contribution in [-0.4, -0.2) is 51.7 Å². The van der Waals surface area contributed by atoms with E-state index in [2.05, 4.69) is 44.7 Å². The molecule has 0 saturated heterocycles. The number of carbonyl (C=O) groups is 1. The van der Waals surface area contributed by atoms with Crippen molar-refractivity contribution >= 4 is 5.91 Å². The maximum atomic E-state index is 12.6. The molecule has 0 spiro atoms. The van der Waals surface area contributed by atoms with Crippen molar-refractivity contribution in [3.63, 3.8) is 0 Å². The fourth-order valence-corrected chi connectivity index (χ4v) is 2.99. The van der Waals surface area contributed by atoms with Crippen molar-refractivity contribution < 1.29 is 4.79 Å². The summed E-state index contributed by atoms with van der Waals surface area (Å²) in [5.41, 5.74) is 3.86. The molecule has 0 bridgehead atoms. The predicted octanol–water partition coefficient (Wildman–Crippen LogP) is 2.22. The van der Waals surface area contributed by atoms with Gasteiger partial charge < -0.3 is 10.2 Å². The summed E-state index contributed by atoms with van der Waals surface area (Å²) >= 11 is 0. The van der Waals surface area contributed by atoms with Crippen molar-refractivity contribution in [2.24, 2.45) is 7.05 Å². The highest BCUT2D eigenvalue weighted by molar-refractivity contribution is 5.94. The van der Waals surface area contributed by atoms with Gasteiger partial charge in [0.2, 0.25) is 5.82 Å². The van der Waals surface area contributed by atoms with Gasteiger partial charge in [-0.15, -0.1) is 10.2 Å². The van der Waals surface area contributed by atoms with Gasteiger partial charge in [-0.1, -0.05) is 36.4 Å². The van der Waals surface area contributed by atoms with Crippen LogP contribution in [0, 0.1) is 6.92 Å². The number of aryl methyl sites for hydroxylation is 2. The minimum Gasteiger partial charge on any atom is -0.350 e. The normalized spacial score (nSPS) is 12.2. The quantitative estimate of drug-likeness (QED) is 0.726. The summed E-state index contributed by atoms with van der Waals surface area (Å²) < 4.78 is 0. The van der Waals surface area contributed by atoms with Crippen molar-refractivity contribution in [1.29, 1.82) is 0 Å². The summed E-state index contributed by atoms with van der Waals surface area (Å²) in [6, 6.07) is 15.6. The van der Waals surface area contributed by atoms with E-state index in [9.17, 15) is 4.79 Å². The molecule has 0 aliphatic carbocycles. The minimum absolute atomic E-state index is 0.103. The Bertz CT molecular complexity index is 916. The monoisotopic (exact) mass is 364 g/mol. The molecule has 1 heterocycles. The molecule has 0 aliphatic heterocycles. The fourth-order valence-electron chi connectivity index (χ4n) is 2.99. The molecule has 7 nitrogen and oxygen atoms in total. The summed E-state index contributed by atoms with van der Waals surface area (Å²) in [7, 11) is 5.76. The molecule has 1 atom stereocenters. The smallest absolute Gasteiger partial charge is 0.251 e. The molecule has 1 aromatic heterocycles.